The molecule has 0 fully saturated rings. The smallest absolute Gasteiger partial charge is 0.144 e. The molecule has 0 unspecified atom stereocenters. The van der Waals surface area contributed by atoms with E-state index in [2.05, 4.69) is 10.5 Å². The van der Waals surface area contributed by atoms with Crippen LogP contribution in [-0.2, 0) is 9.68 Å². The molecule has 0 aromatic carbocycles. The Labute approximate surface area is 91.4 Å². The van der Waals surface area contributed by atoms with Gasteiger partial charge in [0.25, 0.3) is 0 Å². The molecule has 2 N–H and O–H groups in total. The highest BCUT2D eigenvalue weighted by Crippen LogP contribution is 2.02. The molecule has 0 bridgehead atoms. The highest BCUT2D eigenvalue weighted by Gasteiger charge is 2.09. The van der Waals surface area contributed by atoms with Crippen molar-refractivity contribution in [2.45, 2.75) is 52.7 Å². The summed E-state index contributed by atoms with van der Waals surface area (Å²) in [5.74, 6) is 0. The van der Waals surface area contributed by atoms with E-state index in [9.17, 15) is 0 Å². The highest BCUT2D eigenvalue weighted by molar-refractivity contribution is 6.17. The third-order valence-electron chi connectivity index (χ3n) is 0.461. The van der Waals surface area contributed by atoms with Gasteiger partial charge in [-0.1, -0.05) is 17.2 Å². The Bertz CT molecular complexity index is 123. The van der Waals surface area contributed by atoms with Crippen LogP contribution < -0.4 is 5.64 Å². The lowest BCUT2D eigenvalue weighted by molar-refractivity contribution is -0.212. The molecular formula is C9H22ClNO3. The third kappa shape index (κ3) is 40.0. The van der Waals surface area contributed by atoms with Crippen LogP contribution in [0.4, 0.5) is 0 Å². The fraction of sp³-hybridized carbons (Fsp3) is 1.00. The van der Waals surface area contributed by atoms with Crippen molar-refractivity contribution in [3.63, 3.8) is 0 Å². The lowest BCUT2D eigenvalue weighted by atomic mass is 10.2. The first-order valence-electron chi connectivity index (χ1n) is 4.39. The van der Waals surface area contributed by atoms with Gasteiger partial charge in [-0.25, -0.2) is 0 Å². The van der Waals surface area contributed by atoms with Crippen molar-refractivity contribution in [1.82, 2.24) is 5.64 Å². The largest absolute Gasteiger partial charge is 0.391 e. The third-order valence-corrected chi connectivity index (χ3v) is 0.570. The van der Waals surface area contributed by atoms with E-state index in [0.29, 0.717) is 0 Å². The van der Waals surface area contributed by atoms with Gasteiger partial charge in [-0.2, -0.15) is 0 Å². The molecule has 0 saturated carbocycles. The van der Waals surface area contributed by atoms with Crippen molar-refractivity contribution < 1.29 is 14.8 Å². The number of nitrogens with one attached hydrogen (secondary N) is 1. The van der Waals surface area contributed by atoms with Crippen molar-refractivity contribution in [3.05, 3.63) is 0 Å². The standard InChI is InChI=1S/C5H12ClNO2.C4H10O/c1-5(2,3)9-7-8-4-6;1-4(2,3)5/h7H,4H2,1-3H3;5H,1-3H3. The van der Waals surface area contributed by atoms with Crippen LogP contribution in [-0.4, -0.2) is 22.4 Å². The van der Waals surface area contributed by atoms with Gasteiger partial charge in [0.1, 0.15) is 6.07 Å². The molecule has 5 heteroatoms. The summed E-state index contributed by atoms with van der Waals surface area (Å²) in [6.07, 6.45) is 0. The molecule has 0 saturated heterocycles. The Kier molecular flexibility index (Phi) is 8.78. The topological polar surface area (TPSA) is 50.7 Å². The maximum absolute atomic E-state index is 8.52. The summed E-state index contributed by atoms with van der Waals surface area (Å²) in [5.41, 5.74) is 1.50. The van der Waals surface area contributed by atoms with E-state index < -0.39 is 5.60 Å². The van der Waals surface area contributed by atoms with Crippen molar-refractivity contribution in [1.29, 1.82) is 0 Å². The van der Waals surface area contributed by atoms with Crippen LogP contribution in [0.1, 0.15) is 41.5 Å². The first-order valence-corrected chi connectivity index (χ1v) is 4.93. The number of alkyl halides is 1. The molecule has 88 valence electrons. The van der Waals surface area contributed by atoms with Gasteiger partial charge in [0.05, 0.1) is 11.2 Å². The summed E-state index contributed by atoms with van der Waals surface area (Å²) < 4.78 is 0. The van der Waals surface area contributed by atoms with Crippen molar-refractivity contribution in [3.8, 4) is 0 Å². The SMILES string of the molecule is CC(C)(C)O.CC(C)(C)ONOCCl. The minimum Gasteiger partial charge on any atom is -0.391 e. The zero-order valence-electron chi connectivity index (χ0n) is 9.85. The summed E-state index contributed by atoms with van der Waals surface area (Å²) in [6.45, 7) is 10.9. The second kappa shape index (κ2) is 7.43. The highest BCUT2D eigenvalue weighted by atomic mass is 35.5. The summed E-state index contributed by atoms with van der Waals surface area (Å²) in [7, 11) is 0. The van der Waals surface area contributed by atoms with Gasteiger partial charge in [-0.3, -0.25) is 9.68 Å². The van der Waals surface area contributed by atoms with Crippen LogP contribution in [0.3, 0.4) is 0 Å². The van der Waals surface area contributed by atoms with Crippen LogP contribution in [0.2, 0.25) is 0 Å². The van der Waals surface area contributed by atoms with E-state index in [-0.39, 0.29) is 11.7 Å². The Morgan fingerprint density at radius 1 is 1.14 bits per heavy atom. The molecule has 0 spiro atoms. The molecule has 14 heavy (non-hydrogen) atoms. The predicted molar refractivity (Wildman–Crippen MR) is 57.8 cm³/mol. The van der Waals surface area contributed by atoms with Crippen LogP contribution >= 0.6 is 11.6 Å². The molecule has 0 aliphatic rings. The summed E-state index contributed by atoms with van der Waals surface area (Å²) in [4.78, 5) is 9.42. The van der Waals surface area contributed by atoms with Gasteiger partial charge in [-0.05, 0) is 41.5 Å². The number of halogens is 1. The fourth-order valence-electron chi connectivity index (χ4n) is 0.177. The minimum absolute atomic E-state index is 0.0794. The maximum Gasteiger partial charge on any atom is 0.144 e. The van der Waals surface area contributed by atoms with Crippen LogP contribution in [0.25, 0.3) is 0 Å². The van der Waals surface area contributed by atoms with E-state index in [0.717, 1.165) is 0 Å². The van der Waals surface area contributed by atoms with Gasteiger partial charge in [-0.15, -0.1) is 0 Å². The van der Waals surface area contributed by atoms with Gasteiger partial charge < -0.3 is 5.11 Å². The van der Waals surface area contributed by atoms with E-state index in [4.69, 9.17) is 21.5 Å². The Morgan fingerprint density at radius 2 is 1.50 bits per heavy atom. The molecule has 0 rings (SSSR count). The average Bonchev–Trinajstić information content (AvgIpc) is 1.80. The number of aliphatic hydroxyl groups is 1. The van der Waals surface area contributed by atoms with Crippen LogP contribution in [0, 0.1) is 0 Å². The minimum atomic E-state index is -0.500. The molecule has 0 amide bonds. The first-order chi connectivity index (χ1) is 6.06. The van der Waals surface area contributed by atoms with Gasteiger partial charge in [0, 0.05) is 0 Å². The Hall–Kier alpha value is 0.130. The van der Waals surface area contributed by atoms with Crippen LogP contribution in [0.5, 0.6) is 0 Å². The van der Waals surface area contributed by atoms with Gasteiger partial charge >= 0.3 is 0 Å². The van der Waals surface area contributed by atoms with Crippen molar-refractivity contribution >= 4 is 11.6 Å². The zero-order valence-corrected chi connectivity index (χ0v) is 10.6. The van der Waals surface area contributed by atoms with E-state index in [1.54, 1.807) is 20.8 Å². The molecule has 0 aliphatic heterocycles. The monoisotopic (exact) mass is 227 g/mol. The molecule has 0 aromatic rings. The number of hydrogen-bond donors (Lipinski definition) is 2. The molecule has 0 radical (unpaired) electrons. The van der Waals surface area contributed by atoms with Crippen LogP contribution in [0.15, 0.2) is 0 Å². The predicted octanol–water partition coefficient (Wildman–Crippen LogP) is 2.21. The zero-order chi connectivity index (χ0) is 11.8. The second-order valence-electron chi connectivity index (χ2n) is 4.72. The average molecular weight is 228 g/mol. The molecular weight excluding hydrogens is 206 g/mol. The Morgan fingerprint density at radius 3 is 1.71 bits per heavy atom. The van der Waals surface area contributed by atoms with E-state index in [1.165, 1.54) is 0 Å². The summed E-state index contributed by atoms with van der Waals surface area (Å²) in [5, 5.41) is 8.52. The second-order valence-corrected chi connectivity index (χ2v) is 4.94. The summed E-state index contributed by atoms with van der Waals surface area (Å²) >= 11 is 5.17. The molecule has 0 aromatic heterocycles. The summed E-state index contributed by atoms with van der Waals surface area (Å²) in [6, 6.07) is 0.0794. The van der Waals surface area contributed by atoms with E-state index >= 15 is 0 Å². The normalized spacial score (nSPS) is 12.0. The quantitative estimate of drug-likeness (QED) is 0.441. The fourth-order valence-corrected chi connectivity index (χ4v) is 0.221. The Balaban J connectivity index is 0. The number of hydrogen-bond acceptors (Lipinski definition) is 4. The molecule has 4 nitrogen and oxygen atoms in total. The first kappa shape index (κ1) is 16.6. The van der Waals surface area contributed by atoms with Crippen molar-refractivity contribution in [2.75, 3.05) is 6.07 Å². The lowest BCUT2D eigenvalue weighted by Gasteiger charge is -2.17. The number of rotatable bonds is 3. The lowest BCUT2D eigenvalue weighted by Crippen LogP contribution is -2.28. The molecule has 0 heterocycles. The molecule has 0 atom stereocenters. The molecule has 0 aliphatic carbocycles. The maximum atomic E-state index is 8.52. The van der Waals surface area contributed by atoms with E-state index in [1.807, 2.05) is 20.8 Å². The van der Waals surface area contributed by atoms with Gasteiger partial charge in [0.2, 0.25) is 0 Å². The van der Waals surface area contributed by atoms with Crippen molar-refractivity contribution in [2.24, 2.45) is 0 Å². The van der Waals surface area contributed by atoms with Gasteiger partial charge in [0.15, 0.2) is 0 Å².